The predicted octanol–water partition coefficient (Wildman–Crippen LogP) is 2.52. The Labute approximate surface area is 119 Å². The molecule has 21 heavy (non-hydrogen) atoms. The first-order chi connectivity index (χ1) is 10.2. The second kappa shape index (κ2) is 5.17. The molecule has 0 fully saturated rings. The molecule has 0 aliphatic heterocycles. The van der Waals surface area contributed by atoms with Crippen LogP contribution in [-0.4, -0.2) is 10.2 Å². The van der Waals surface area contributed by atoms with Crippen LogP contribution in [0.4, 0.5) is 4.39 Å². The third kappa shape index (κ3) is 2.39. The van der Waals surface area contributed by atoms with E-state index in [4.69, 9.17) is 5.26 Å². The zero-order valence-corrected chi connectivity index (χ0v) is 10.9. The zero-order chi connectivity index (χ0) is 14.8. The first kappa shape index (κ1) is 13.0. The summed E-state index contributed by atoms with van der Waals surface area (Å²) in [4.78, 5) is 11.7. The van der Waals surface area contributed by atoms with Crippen molar-refractivity contribution in [1.82, 2.24) is 10.2 Å². The maximum atomic E-state index is 13.8. The highest BCUT2D eigenvalue weighted by Gasteiger charge is 2.11. The van der Waals surface area contributed by atoms with Crippen LogP contribution >= 0.6 is 0 Å². The van der Waals surface area contributed by atoms with E-state index in [9.17, 15) is 9.18 Å². The summed E-state index contributed by atoms with van der Waals surface area (Å²) in [6, 6.07) is 13.6. The number of hydrogen-bond acceptors (Lipinski definition) is 3. The van der Waals surface area contributed by atoms with Crippen LogP contribution in [0.3, 0.4) is 0 Å². The normalized spacial score (nSPS) is 10.5. The maximum absolute atomic E-state index is 13.8. The molecule has 2 aromatic carbocycles. The molecule has 0 saturated heterocycles. The number of benzene rings is 2. The molecule has 0 aliphatic rings. The predicted molar refractivity (Wildman–Crippen MR) is 76.3 cm³/mol. The lowest BCUT2D eigenvalue weighted by atomic mass is 10.0. The van der Waals surface area contributed by atoms with Crippen molar-refractivity contribution in [2.75, 3.05) is 0 Å². The van der Waals surface area contributed by atoms with Gasteiger partial charge in [-0.15, -0.1) is 0 Å². The van der Waals surface area contributed by atoms with Crippen LogP contribution in [0.5, 0.6) is 0 Å². The van der Waals surface area contributed by atoms with Crippen molar-refractivity contribution in [1.29, 1.82) is 5.26 Å². The van der Waals surface area contributed by atoms with Gasteiger partial charge in [0.2, 0.25) is 0 Å². The Morgan fingerprint density at radius 3 is 2.86 bits per heavy atom. The summed E-state index contributed by atoms with van der Waals surface area (Å²) in [5.74, 6) is -0.567. The van der Waals surface area contributed by atoms with Crippen molar-refractivity contribution in [3.63, 3.8) is 0 Å². The van der Waals surface area contributed by atoms with Gasteiger partial charge in [0.25, 0.3) is 5.56 Å². The summed E-state index contributed by atoms with van der Waals surface area (Å²) in [7, 11) is 0. The van der Waals surface area contributed by atoms with Crippen LogP contribution in [-0.2, 0) is 6.42 Å². The Bertz CT molecular complexity index is 925. The Morgan fingerprint density at radius 1 is 1.24 bits per heavy atom. The number of aromatic nitrogens is 2. The number of H-pyrrole nitrogens is 1. The van der Waals surface area contributed by atoms with Gasteiger partial charge in [-0.2, -0.15) is 10.4 Å². The monoisotopic (exact) mass is 279 g/mol. The zero-order valence-electron chi connectivity index (χ0n) is 10.9. The van der Waals surface area contributed by atoms with E-state index in [1.807, 2.05) is 6.07 Å². The SMILES string of the molecule is N#Cc1cccc(Cc2n[nH]c(=O)c3c(F)cccc23)c1. The minimum atomic E-state index is -0.567. The molecule has 4 nitrogen and oxygen atoms in total. The maximum Gasteiger partial charge on any atom is 0.275 e. The number of nitriles is 1. The molecule has 0 amide bonds. The van der Waals surface area contributed by atoms with E-state index in [0.717, 1.165) is 5.56 Å². The van der Waals surface area contributed by atoms with E-state index >= 15 is 0 Å². The molecule has 0 spiro atoms. The van der Waals surface area contributed by atoms with Gasteiger partial charge in [-0.05, 0) is 23.8 Å². The standard InChI is InChI=1S/C16H10FN3O/c17-13-6-2-5-12-14(19-20-16(21)15(12)13)8-10-3-1-4-11(7-10)9-18/h1-7H,8H2,(H,20,21). The quantitative estimate of drug-likeness (QED) is 0.783. The van der Waals surface area contributed by atoms with Crippen LogP contribution in [0.2, 0.25) is 0 Å². The molecule has 1 N–H and O–H groups in total. The highest BCUT2D eigenvalue weighted by Crippen LogP contribution is 2.19. The molecule has 1 aromatic heterocycles. The molecule has 1 heterocycles. The summed E-state index contributed by atoms with van der Waals surface area (Å²) in [5, 5.41) is 15.7. The summed E-state index contributed by atoms with van der Waals surface area (Å²) < 4.78 is 13.8. The molecule has 3 aromatic rings. The number of nitrogens with zero attached hydrogens (tertiary/aromatic N) is 2. The van der Waals surface area contributed by atoms with Crippen molar-refractivity contribution in [2.24, 2.45) is 0 Å². The van der Waals surface area contributed by atoms with E-state index in [-0.39, 0.29) is 5.39 Å². The number of hydrogen-bond donors (Lipinski definition) is 1. The smallest absolute Gasteiger partial charge is 0.267 e. The molecule has 0 saturated carbocycles. The summed E-state index contributed by atoms with van der Waals surface area (Å²) in [5.41, 5.74) is 1.45. The fourth-order valence-corrected chi connectivity index (χ4v) is 2.31. The molecule has 3 rings (SSSR count). The summed E-state index contributed by atoms with van der Waals surface area (Å²) in [6.07, 6.45) is 0.409. The summed E-state index contributed by atoms with van der Waals surface area (Å²) >= 11 is 0. The fraction of sp³-hybridized carbons (Fsp3) is 0.0625. The van der Waals surface area contributed by atoms with E-state index in [1.54, 1.807) is 30.3 Å². The number of halogens is 1. The van der Waals surface area contributed by atoms with Crippen molar-refractivity contribution >= 4 is 10.8 Å². The minimum Gasteiger partial charge on any atom is -0.267 e. The van der Waals surface area contributed by atoms with Gasteiger partial charge in [-0.1, -0.05) is 24.3 Å². The number of fused-ring (bicyclic) bond motifs is 1. The van der Waals surface area contributed by atoms with Crippen LogP contribution < -0.4 is 5.56 Å². The molecular weight excluding hydrogens is 269 g/mol. The first-order valence-electron chi connectivity index (χ1n) is 6.34. The second-order valence-corrected chi connectivity index (χ2v) is 4.65. The van der Waals surface area contributed by atoms with Gasteiger partial charge in [0.1, 0.15) is 5.82 Å². The number of nitrogens with one attached hydrogen (secondary N) is 1. The Morgan fingerprint density at radius 2 is 2.05 bits per heavy atom. The van der Waals surface area contributed by atoms with Crippen molar-refractivity contribution in [3.05, 3.63) is 75.5 Å². The topological polar surface area (TPSA) is 69.5 Å². The van der Waals surface area contributed by atoms with Crippen molar-refractivity contribution < 1.29 is 4.39 Å². The molecule has 0 radical (unpaired) electrons. The average Bonchev–Trinajstić information content (AvgIpc) is 2.50. The molecule has 0 atom stereocenters. The largest absolute Gasteiger partial charge is 0.275 e. The van der Waals surface area contributed by atoms with E-state index in [2.05, 4.69) is 16.3 Å². The summed E-state index contributed by atoms with van der Waals surface area (Å²) in [6.45, 7) is 0. The lowest BCUT2D eigenvalue weighted by Gasteiger charge is -2.06. The van der Waals surface area contributed by atoms with Gasteiger partial charge in [0, 0.05) is 11.8 Å². The lowest BCUT2D eigenvalue weighted by molar-refractivity contribution is 0.637. The molecule has 102 valence electrons. The van der Waals surface area contributed by atoms with E-state index in [1.165, 1.54) is 6.07 Å². The van der Waals surface area contributed by atoms with E-state index < -0.39 is 11.4 Å². The second-order valence-electron chi connectivity index (χ2n) is 4.65. The number of aromatic amines is 1. The highest BCUT2D eigenvalue weighted by molar-refractivity contribution is 5.84. The van der Waals surface area contributed by atoms with Gasteiger partial charge in [0.15, 0.2) is 0 Å². The highest BCUT2D eigenvalue weighted by atomic mass is 19.1. The third-order valence-electron chi connectivity index (χ3n) is 3.27. The molecule has 0 aliphatic carbocycles. The van der Waals surface area contributed by atoms with Crippen molar-refractivity contribution in [2.45, 2.75) is 6.42 Å². The van der Waals surface area contributed by atoms with Crippen molar-refractivity contribution in [3.8, 4) is 6.07 Å². The van der Waals surface area contributed by atoms with Crippen LogP contribution in [0.1, 0.15) is 16.8 Å². The van der Waals surface area contributed by atoms with Gasteiger partial charge >= 0.3 is 0 Å². The molecular formula is C16H10FN3O. The van der Waals surface area contributed by atoms with Gasteiger partial charge in [0.05, 0.1) is 22.7 Å². The minimum absolute atomic E-state index is 0.0129. The fourth-order valence-electron chi connectivity index (χ4n) is 2.31. The van der Waals surface area contributed by atoms with Gasteiger partial charge in [-0.25, -0.2) is 9.49 Å². The molecule has 0 bridgehead atoms. The number of rotatable bonds is 2. The average molecular weight is 279 g/mol. The third-order valence-corrected chi connectivity index (χ3v) is 3.27. The molecule has 5 heteroatoms. The Hall–Kier alpha value is -3.00. The first-order valence-corrected chi connectivity index (χ1v) is 6.34. The van der Waals surface area contributed by atoms with Crippen LogP contribution in [0.25, 0.3) is 10.8 Å². The molecule has 0 unspecified atom stereocenters. The van der Waals surface area contributed by atoms with Crippen LogP contribution in [0, 0.1) is 17.1 Å². The Balaban J connectivity index is 2.14. The Kier molecular flexibility index (Phi) is 3.20. The van der Waals surface area contributed by atoms with E-state index in [0.29, 0.717) is 23.1 Å². The lowest BCUT2D eigenvalue weighted by Crippen LogP contribution is -2.12. The van der Waals surface area contributed by atoms with Gasteiger partial charge < -0.3 is 0 Å². The van der Waals surface area contributed by atoms with Gasteiger partial charge in [-0.3, -0.25) is 4.79 Å². The van der Waals surface area contributed by atoms with Crippen LogP contribution in [0.15, 0.2) is 47.3 Å².